The zero-order valence-corrected chi connectivity index (χ0v) is 21.3. The number of halogens is 1. The fourth-order valence-corrected chi connectivity index (χ4v) is 8.90. The van der Waals surface area contributed by atoms with Crippen molar-refractivity contribution in [1.29, 1.82) is 4.78 Å². The highest BCUT2D eigenvalue weighted by Crippen LogP contribution is 2.62. The second-order valence-electron chi connectivity index (χ2n) is 10.9. The number of carbonyl (C=O) groups is 1. The van der Waals surface area contributed by atoms with Crippen molar-refractivity contribution in [3.8, 4) is 0 Å². The fraction of sp³-hybridized carbons (Fsp3) is 0.519. The highest BCUT2D eigenvalue weighted by Gasteiger charge is 2.53. The molecule has 2 aromatic rings. The molecule has 1 atom stereocenters. The van der Waals surface area contributed by atoms with E-state index in [1.165, 1.54) is 31.2 Å². The van der Waals surface area contributed by atoms with Crippen molar-refractivity contribution >= 4 is 37.3 Å². The molecule has 174 valence electrons. The summed E-state index contributed by atoms with van der Waals surface area (Å²) in [4.78, 5) is 16.3. The fourth-order valence-electron chi connectivity index (χ4n) is 6.57. The summed E-state index contributed by atoms with van der Waals surface area (Å²) in [6.45, 7) is 0.719. The summed E-state index contributed by atoms with van der Waals surface area (Å²) in [6.07, 6.45) is 11.3. The molecule has 1 aliphatic heterocycles. The SMILES string of the molecule is N=S(=O)(c1cccc(C(=O)N2CC3(CCC4(CC4)CC3)c3cc(Br)ccc32)c1)C1CCCC1. The Hall–Kier alpha value is -1.66. The van der Waals surface area contributed by atoms with Crippen molar-refractivity contribution in [2.75, 3.05) is 11.4 Å². The first kappa shape index (κ1) is 21.8. The molecule has 6 heteroatoms. The Labute approximate surface area is 205 Å². The van der Waals surface area contributed by atoms with Gasteiger partial charge in [0.1, 0.15) is 0 Å². The third-order valence-corrected chi connectivity index (χ3v) is 11.8. The van der Waals surface area contributed by atoms with Crippen LogP contribution in [0.25, 0.3) is 0 Å². The summed E-state index contributed by atoms with van der Waals surface area (Å²) >= 11 is 3.66. The van der Waals surface area contributed by atoms with Gasteiger partial charge in [0, 0.05) is 37.8 Å². The number of carbonyl (C=O) groups excluding carboxylic acids is 1. The maximum Gasteiger partial charge on any atom is 0.258 e. The van der Waals surface area contributed by atoms with E-state index in [9.17, 15) is 9.00 Å². The molecule has 0 saturated heterocycles. The van der Waals surface area contributed by atoms with Crippen LogP contribution in [0.4, 0.5) is 5.69 Å². The van der Waals surface area contributed by atoms with Crippen LogP contribution in [0.3, 0.4) is 0 Å². The Balaban J connectivity index is 1.33. The zero-order chi connectivity index (χ0) is 22.8. The normalized spacial score (nSPS) is 24.7. The quantitative estimate of drug-likeness (QED) is 0.465. The van der Waals surface area contributed by atoms with Crippen LogP contribution in [-0.4, -0.2) is 21.9 Å². The van der Waals surface area contributed by atoms with E-state index in [0.717, 1.165) is 55.2 Å². The third kappa shape index (κ3) is 3.59. The lowest BCUT2D eigenvalue weighted by Crippen LogP contribution is -2.40. The van der Waals surface area contributed by atoms with Crippen LogP contribution < -0.4 is 4.90 Å². The van der Waals surface area contributed by atoms with E-state index >= 15 is 0 Å². The van der Waals surface area contributed by atoms with Gasteiger partial charge in [-0.2, -0.15) is 0 Å². The van der Waals surface area contributed by atoms with Crippen molar-refractivity contribution in [3.05, 3.63) is 58.1 Å². The molecule has 0 radical (unpaired) electrons. The Morgan fingerprint density at radius 1 is 1.00 bits per heavy atom. The van der Waals surface area contributed by atoms with Crippen LogP contribution in [0.1, 0.15) is 80.1 Å². The molecule has 0 bridgehead atoms. The number of benzene rings is 2. The molecule has 0 aromatic heterocycles. The minimum atomic E-state index is -2.89. The minimum Gasteiger partial charge on any atom is -0.307 e. The summed E-state index contributed by atoms with van der Waals surface area (Å²) in [5, 5.41) is -0.0898. The molecule has 4 aliphatic rings. The summed E-state index contributed by atoms with van der Waals surface area (Å²) in [6, 6.07) is 13.5. The van der Waals surface area contributed by atoms with Crippen LogP contribution in [-0.2, 0) is 15.1 Å². The van der Waals surface area contributed by atoms with E-state index in [2.05, 4.69) is 28.1 Å². The van der Waals surface area contributed by atoms with Gasteiger partial charge in [-0.05, 0) is 98.7 Å². The molecule has 33 heavy (non-hydrogen) atoms. The number of rotatable bonds is 3. The molecule has 2 aromatic carbocycles. The molecular formula is C27H31BrN2O2S. The van der Waals surface area contributed by atoms with Crippen LogP contribution >= 0.6 is 15.9 Å². The van der Waals surface area contributed by atoms with Crippen molar-refractivity contribution < 1.29 is 9.00 Å². The highest BCUT2D eigenvalue weighted by atomic mass is 79.9. The second-order valence-corrected chi connectivity index (χ2v) is 14.1. The van der Waals surface area contributed by atoms with Gasteiger partial charge in [0.25, 0.3) is 5.91 Å². The molecular weight excluding hydrogens is 496 g/mol. The van der Waals surface area contributed by atoms with Crippen molar-refractivity contribution in [2.24, 2.45) is 5.41 Å². The van der Waals surface area contributed by atoms with Crippen LogP contribution in [0.15, 0.2) is 51.8 Å². The summed E-state index contributed by atoms with van der Waals surface area (Å²) in [7, 11) is -2.89. The monoisotopic (exact) mass is 526 g/mol. The topological polar surface area (TPSA) is 61.2 Å². The minimum absolute atomic E-state index is 0.0348. The molecule has 4 nitrogen and oxygen atoms in total. The van der Waals surface area contributed by atoms with E-state index in [1.807, 2.05) is 17.0 Å². The first-order valence-corrected chi connectivity index (χ1v) is 14.7. The van der Waals surface area contributed by atoms with Crippen molar-refractivity contribution in [3.63, 3.8) is 0 Å². The second kappa shape index (κ2) is 7.67. The van der Waals surface area contributed by atoms with E-state index in [-0.39, 0.29) is 16.6 Å². The summed E-state index contributed by atoms with van der Waals surface area (Å²) in [5.41, 5.74) is 3.49. The number of fused-ring (bicyclic) bond motifs is 2. The molecule has 1 N–H and O–H groups in total. The molecule has 1 amide bonds. The molecule has 3 aliphatic carbocycles. The Bertz CT molecular complexity index is 1220. The highest BCUT2D eigenvalue weighted by molar-refractivity contribution is 9.10. The zero-order valence-electron chi connectivity index (χ0n) is 18.9. The van der Waals surface area contributed by atoms with Crippen LogP contribution in [0.2, 0.25) is 0 Å². The predicted molar refractivity (Wildman–Crippen MR) is 135 cm³/mol. The number of nitrogens with one attached hydrogen (secondary N) is 1. The lowest BCUT2D eigenvalue weighted by Gasteiger charge is -2.38. The number of hydrogen-bond acceptors (Lipinski definition) is 3. The third-order valence-electron chi connectivity index (χ3n) is 8.95. The van der Waals surface area contributed by atoms with Crippen LogP contribution in [0.5, 0.6) is 0 Å². The van der Waals surface area contributed by atoms with Gasteiger partial charge in [0.2, 0.25) is 0 Å². The molecule has 3 fully saturated rings. The maximum absolute atomic E-state index is 13.8. The Morgan fingerprint density at radius 3 is 2.39 bits per heavy atom. The van der Waals surface area contributed by atoms with Crippen molar-refractivity contribution in [2.45, 2.75) is 79.8 Å². The average Bonchev–Trinajstić information content (AvgIpc) is 3.22. The van der Waals surface area contributed by atoms with Crippen LogP contribution in [0, 0.1) is 10.2 Å². The summed E-state index contributed by atoms with van der Waals surface area (Å²) in [5.74, 6) is -0.0365. The van der Waals surface area contributed by atoms with E-state index in [0.29, 0.717) is 15.9 Å². The summed E-state index contributed by atoms with van der Waals surface area (Å²) < 4.78 is 23.1. The molecule has 6 rings (SSSR count). The maximum atomic E-state index is 13.8. The first-order valence-electron chi connectivity index (χ1n) is 12.3. The van der Waals surface area contributed by atoms with Gasteiger partial charge in [0.05, 0.1) is 9.73 Å². The largest absolute Gasteiger partial charge is 0.307 e. The lowest BCUT2D eigenvalue weighted by atomic mass is 9.66. The predicted octanol–water partition coefficient (Wildman–Crippen LogP) is 7.05. The number of nitrogens with zero attached hydrogens (tertiary/aromatic N) is 1. The van der Waals surface area contributed by atoms with E-state index in [4.69, 9.17) is 4.78 Å². The van der Waals surface area contributed by atoms with Gasteiger partial charge < -0.3 is 4.90 Å². The van der Waals surface area contributed by atoms with Gasteiger partial charge in [0.15, 0.2) is 0 Å². The first-order chi connectivity index (χ1) is 15.8. The average molecular weight is 528 g/mol. The molecule has 1 unspecified atom stereocenters. The Kier molecular flexibility index (Phi) is 5.08. The Morgan fingerprint density at radius 2 is 1.70 bits per heavy atom. The van der Waals surface area contributed by atoms with Gasteiger partial charge in [-0.15, -0.1) is 0 Å². The van der Waals surface area contributed by atoms with E-state index in [1.54, 1.807) is 18.2 Å². The van der Waals surface area contributed by atoms with Gasteiger partial charge in [-0.3, -0.25) is 4.79 Å². The number of hydrogen-bond donors (Lipinski definition) is 1. The number of amides is 1. The van der Waals surface area contributed by atoms with E-state index < -0.39 is 9.73 Å². The van der Waals surface area contributed by atoms with Gasteiger partial charge in [-0.1, -0.05) is 34.8 Å². The molecule has 2 spiro atoms. The lowest BCUT2D eigenvalue weighted by molar-refractivity contribution is 0.0980. The smallest absolute Gasteiger partial charge is 0.258 e. The molecule has 1 heterocycles. The standard InChI is InChI=1S/C27H31BrN2O2S/c28-20-8-9-24-23(17-20)27(14-12-26(10-11-26)13-15-27)18-30(24)25(31)19-4-3-7-22(16-19)33(29,32)21-5-1-2-6-21/h3-4,7-9,16-17,21,29H,1-2,5-6,10-15,18H2. The van der Waals surface area contributed by atoms with Gasteiger partial charge in [-0.25, -0.2) is 8.99 Å². The molecule has 3 saturated carbocycles. The van der Waals surface area contributed by atoms with Crippen molar-refractivity contribution in [1.82, 2.24) is 0 Å². The van der Waals surface area contributed by atoms with Gasteiger partial charge >= 0.3 is 0 Å². The number of anilines is 1.